The van der Waals surface area contributed by atoms with E-state index in [1.165, 1.54) is 23.0 Å². The molecule has 2 amide bonds. The molecular formula is C25H11N5O3S2. The smallest absolute Gasteiger partial charge is 0.262 e. The standard InChI is InChI=1S/C25H11N5O3S2/c1-8-13-14-10(5-26)9(2)34-21(14)19-17-16(13)18(23(31)29(8)3)15-11(6-27)12(7-28)35-22(15)20(17)25(33)30(4)24(19)32/h1H2,2-4H3. The summed E-state index contributed by atoms with van der Waals surface area (Å²) in [6.07, 6.45) is 0. The fraction of sp³-hybridized carbons (Fsp3) is 0.120. The molecule has 10 heteroatoms. The van der Waals surface area contributed by atoms with E-state index in [9.17, 15) is 30.2 Å². The van der Waals surface area contributed by atoms with Crippen molar-refractivity contribution >= 4 is 82.8 Å². The molecule has 1 aliphatic heterocycles. The van der Waals surface area contributed by atoms with Crippen molar-refractivity contribution in [2.75, 3.05) is 7.05 Å². The van der Waals surface area contributed by atoms with E-state index in [0.29, 0.717) is 46.7 Å². The third kappa shape index (κ3) is 2.15. The molecule has 0 saturated heterocycles. The summed E-state index contributed by atoms with van der Waals surface area (Å²) in [5.41, 5.74) is 0.329. The number of nitriles is 3. The van der Waals surface area contributed by atoms with E-state index in [4.69, 9.17) is 0 Å². The van der Waals surface area contributed by atoms with Crippen LogP contribution in [0, 0.1) is 40.9 Å². The van der Waals surface area contributed by atoms with Crippen molar-refractivity contribution in [2.24, 2.45) is 7.05 Å². The lowest BCUT2D eigenvalue weighted by molar-refractivity contribution is 0.0653. The second-order valence-corrected chi connectivity index (χ2v) is 10.6. The van der Waals surface area contributed by atoms with Crippen LogP contribution >= 0.6 is 22.7 Å². The molecule has 35 heavy (non-hydrogen) atoms. The van der Waals surface area contributed by atoms with Gasteiger partial charge in [-0.25, -0.2) is 0 Å². The first-order chi connectivity index (χ1) is 16.7. The van der Waals surface area contributed by atoms with Gasteiger partial charge < -0.3 is 4.57 Å². The summed E-state index contributed by atoms with van der Waals surface area (Å²) in [7, 11) is 2.92. The van der Waals surface area contributed by atoms with E-state index < -0.39 is 17.4 Å². The van der Waals surface area contributed by atoms with Gasteiger partial charge in [-0.05, 0) is 6.92 Å². The highest BCUT2D eigenvalue weighted by Gasteiger charge is 2.39. The topological polar surface area (TPSA) is 131 Å². The van der Waals surface area contributed by atoms with Gasteiger partial charge >= 0.3 is 0 Å². The van der Waals surface area contributed by atoms with Crippen molar-refractivity contribution in [1.29, 1.82) is 15.8 Å². The number of aromatic nitrogens is 1. The van der Waals surface area contributed by atoms with Gasteiger partial charge in [0.05, 0.1) is 37.0 Å². The highest BCUT2D eigenvalue weighted by atomic mass is 32.1. The van der Waals surface area contributed by atoms with Crippen LogP contribution in [0.25, 0.3) is 48.3 Å². The van der Waals surface area contributed by atoms with Gasteiger partial charge in [-0.2, -0.15) is 15.8 Å². The number of benzene rings is 2. The van der Waals surface area contributed by atoms with Gasteiger partial charge in [-0.3, -0.25) is 19.3 Å². The van der Waals surface area contributed by atoms with E-state index in [0.717, 1.165) is 16.2 Å². The maximum Gasteiger partial charge on any atom is 0.262 e. The summed E-state index contributed by atoms with van der Waals surface area (Å²) in [5.74, 6) is -1.12. The Morgan fingerprint density at radius 2 is 1.31 bits per heavy atom. The Morgan fingerprint density at radius 1 is 0.743 bits per heavy atom. The first kappa shape index (κ1) is 21.0. The third-order valence-corrected chi connectivity index (χ3v) is 9.01. The van der Waals surface area contributed by atoms with Crippen LogP contribution < -0.4 is 10.9 Å². The maximum atomic E-state index is 13.7. The number of hydrogen-bond acceptors (Lipinski definition) is 8. The van der Waals surface area contributed by atoms with Gasteiger partial charge in [0.2, 0.25) is 0 Å². The van der Waals surface area contributed by atoms with Crippen molar-refractivity contribution in [3.05, 3.63) is 47.7 Å². The number of hydrogen-bond donors (Lipinski definition) is 0. The minimum Gasteiger partial charge on any atom is -0.311 e. The molecule has 166 valence electrons. The molecule has 0 fully saturated rings. The van der Waals surface area contributed by atoms with Crippen LogP contribution in [-0.2, 0) is 7.05 Å². The summed E-state index contributed by atoms with van der Waals surface area (Å²) in [5, 5.41) is 31.9. The second-order valence-electron chi connectivity index (χ2n) is 8.31. The van der Waals surface area contributed by atoms with E-state index in [2.05, 4.69) is 12.6 Å². The highest BCUT2D eigenvalue weighted by molar-refractivity contribution is 7.21. The number of amides is 2. The number of pyridine rings is 1. The molecule has 0 N–H and O–H groups in total. The number of rotatable bonds is 0. The zero-order valence-electron chi connectivity index (χ0n) is 18.5. The van der Waals surface area contributed by atoms with Crippen LogP contribution in [0.2, 0.25) is 0 Å². The Balaban J connectivity index is 2.20. The molecule has 6 rings (SSSR count). The molecule has 0 bridgehead atoms. The Kier molecular flexibility index (Phi) is 3.91. The molecular weight excluding hydrogens is 482 g/mol. The molecule has 5 aromatic rings. The number of carbonyl (C=O) groups is 2. The maximum absolute atomic E-state index is 13.7. The average molecular weight is 494 g/mol. The fourth-order valence-electron chi connectivity index (χ4n) is 5.15. The number of imide groups is 1. The predicted octanol–water partition coefficient (Wildman–Crippen LogP) is 3.40. The number of carbonyl (C=O) groups excluding carboxylic acids is 2. The lowest BCUT2D eigenvalue weighted by Gasteiger charge is -2.26. The zero-order chi connectivity index (χ0) is 25.1. The van der Waals surface area contributed by atoms with Crippen LogP contribution in [0.3, 0.4) is 0 Å². The minimum atomic E-state index is -0.578. The number of fused-ring (bicyclic) bond motifs is 6. The second kappa shape index (κ2) is 6.52. The molecule has 0 saturated carbocycles. The largest absolute Gasteiger partial charge is 0.311 e. The number of thiophene rings is 2. The van der Waals surface area contributed by atoms with Gasteiger partial charge in [-0.15, -0.1) is 22.7 Å². The highest BCUT2D eigenvalue weighted by Crippen LogP contribution is 2.49. The lowest BCUT2D eigenvalue weighted by Crippen LogP contribution is -2.38. The zero-order valence-corrected chi connectivity index (χ0v) is 20.1. The molecule has 0 aliphatic carbocycles. The van der Waals surface area contributed by atoms with Crippen LogP contribution in [0.1, 0.15) is 41.6 Å². The Labute approximate surface area is 204 Å². The summed E-state index contributed by atoms with van der Waals surface area (Å²) in [6, 6.07) is 6.26. The van der Waals surface area contributed by atoms with Crippen molar-refractivity contribution < 1.29 is 9.59 Å². The van der Waals surface area contributed by atoms with Gasteiger partial charge in [0.25, 0.3) is 17.4 Å². The SMILES string of the molecule is C=c1c2c3c(C#N)c(C)sc3c3c4c(c5sc(C#N)c(C#N)c5c(c(=O)n1C)c42)C(=O)N(C)C3=O. The normalized spacial score (nSPS) is 13.2. The molecule has 0 unspecified atom stereocenters. The molecule has 0 atom stereocenters. The van der Waals surface area contributed by atoms with Crippen LogP contribution in [0.4, 0.5) is 0 Å². The fourth-order valence-corrected chi connectivity index (χ4v) is 7.40. The van der Waals surface area contributed by atoms with Crippen LogP contribution in [-0.4, -0.2) is 28.3 Å². The van der Waals surface area contributed by atoms with Crippen LogP contribution in [0.5, 0.6) is 0 Å². The van der Waals surface area contributed by atoms with Crippen molar-refractivity contribution in [3.63, 3.8) is 0 Å². The Hall–Kier alpha value is -4.56. The van der Waals surface area contributed by atoms with Gasteiger partial charge in [-0.1, -0.05) is 6.58 Å². The predicted molar refractivity (Wildman–Crippen MR) is 134 cm³/mol. The monoisotopic (exact) mass is 493 g/mol. The van der Waals surface area contributed by atoms with E-state index >= 15 is 0 Å². The van der Waals surface area contributed by atoms with Crippen molar-refractivity contribution in [1.82, 2.24) is 9.47 Å². The summed E-state index contributed by atoms with van der Waals surface area (Å²) in [4.78, 5) is 42.5. The Bertz CT molecular complexity index is 2160. The average Bonchev–Trinajstić information content (AvgIpc) is 3.38. The Morgan fingerprint density at radius 3 is 1.89 bits per heavy atom. The van der Waals surface area contributed by atoms with Gasteiger partial charge in [0, 0.05) is 51.3 Å². The van der Waals surface area contributed by atoms with Gasteiger partial charge in [0.15, 0.2) is 0 Å². The summed E-state index contributed by atoms with van der Waals surface area (Å²) < 4.78 is 2.20. The van der Waals surface area contributed by atoms with E-state index in [1.54, 1.807) is 14.0 Å². The molecule has 0 radical (unpaired) electrons. The van der Waals surface area contributed by atoms with Gasteiger partial charge in [0.1, 0.15) is 23.1 Å². The first-order valence-electron chi connectivity index (χ1n) is 10.2. The molecule has 0 spiro atoms. The summed E-state index contributed by atoms with van der Waals surface area (Å²) >= 11 is 2.24. The van der Waals surface area contributed by atoms with E-state index in [-0.39, 0.29) is 32.3 Å². The lowest BCUT2D eigenvalue weighted by atomic mass is 9.85. The van der Waals surface area contributed by atoms with Crippen molar-refractivity contribution in [3.8, 4) is 18.2 Å². The van der Waals surface area contributed by atoms with Crippen molar-refractivity contribution in [2.45, 2.75) is 6.92 Å². The van der Waals surface area contributed by atoms with Crippen LogP contribution in [0.15, 0.2) is 4.79 Å². The quantitative estimate of drug-likeness (QED) is 0.304. The number of nitrogens with zero attached hydrogens (tertiary/aromatic N) is 5. The molecule has 8 nitrogen and oxygen atoms in total. The minimum absolute atomic E-state index is 0.0110. The molecule has 2 aromatic carbocycles. The van der Waals surface area contributed by atoms with E-state index in [1.807, 2.05) is 12.1 Å². The molecule has 4 heterocycles. The number of aryl methyl sites for hydroxylation is 1. The third-order valence-electron chi connectivity index (χ3n) is 6.77. The molecule has 3 aromatic heterocycles. The summed E-state index contributed by atoms with van der Waals surface area (Å²) in [6.45, 7) is 5.89. The molecule has 1 aliphatic rings. The first-order valence-corrected chi connectivity index (χ1v) is 11.9.